The van der Waals surface area contributed by atoms with Crippen LogP contribution in [0.25, 0.3) is 0 Å². The second kappa shape index (κ2) is 6.06. The number of hydrogen-bond donors (Lipinski definition) is 1. The van der Waals surface area contributed by atoms with E-state index in [2.05, 4.69) is 6.92 Å². The zero-order chi connectivity index (χ0) is 14.0. The van der Waals surface area contributed by atoms with Crippen molar-refractivity contribution in [2.24, 2.45) is 11.8 Å². The molecule has 0 amide bonds. The van der Waals surface area contributed by atoms with E-state index in [4.69, 9.17) is 11.6 Å². The summed E-state index contributed by atoms with van der Waals surface area (Å²) < 4.78 is 14.0. The first-order valence-electron chi connectivity index (χ1n) is 6.79. The molecule has 2 rings (SSSR count). The summed E-state index contributed by atoms with van der Waals surface area (Å²) in [6, 6.07) is 0. The van der Waals surface area contributed by atoms with Crippen molar-refractivity contribution in [1.29, 1.82) is 0 Å². The van der Waals surface area contributed by atoms with Crippen LogP contribution in [0.5, 0.6) is 0 Å². The van der Waals surface area contributed by atoms with Gasteiger partial charge in [-0.1, -0.05) is 36.2 Å². The normalized spacial score (nSPS) is 32.6. The number of aliphatic hydroxyl groups excluding tert-OH is 1. The Morgan fingerprint density at radius 2 is 2.16 bits per heavy atom. The number of hydrogen-bond acceptors (Lipinski definition) is 1. The fraction of sp³-hybridized carbons (Fsp3) is 0.500. The van der Waals surface area contributed by atoms with Crippen molar-refractivity contribution >= 4 is 11.6 Å². The maximum Gasteiger partial charge on any atom is 0.122 e. The van der Waals surface area contributed by atoms with Crippen LogP contribution < -0.4 is 0 Å². The van der Waals surface area contributed by atoms with Crippen molar-refractivity contribution in [3.05, 3.63) is 46.3 Å². The van der Waals surface area contributed by atoms with Crippen LogP contribution >= 0.6 is 11.6 Å². The monoisotopic (exact) mass is 282 g/mol. The van der Waals surface area contributed by atoms with Crippen molar-refractivity contribution in [1.82, 2.24) is 0 Å². The molecule has 3 heteroatoms. The van der Waals surface area contributed by atoms with Gasteiger partial charge >= 0.3 is 0 Å². The highest BCUT2D eigenvalue weighted by Crippen LogP contribution is 2.41. The van der Waals surface area contributed by atoms with E-state index >= 15 is 0 Å². The van der Waals surface area contributed by atoms with Gasteiger partial charge in [0.2, 0.25) is 0 Å². The quantitative estimate of drug-likeness (QED) is 0.742. The summed E-state index contributed by atoms with van der Waals surface area (Å²) in [6.07, 6.45) is 8.79. The van der Waals surface area contributed by atoms with E-state index in [0.717, 1.165) is 18.4 Å². The molecule has 3 atom stereocenters. The highest BCUT2D eigenvalue weighted by molar-refractivity contribution is 6.30. The third-order valence-electron chi connectivity index (χ3n) is 4.03. The molecule has 2 aliphatic rings. The fourth-order valence-electron chi connectivity index (χ4n) is 2.97. The number of aliphatic hydroxyl groups is 1. The van der Waals surface area contributed by atoms with E-state index in [0.29, 0.717) is 17.0 Å². The third-order valence-corrected chi connectivity index (χ3v) is 4.39. The molecule has 0 saturated carbocycles. The summed E-state index contributed by atoms with van der Waals surface area (Å²) in [7, 11) is 0. The van der Waals surface area contributed by atoms with Gasteiger partial charge < -0.3 is 5.11 Å². The Bertz CT molecular complexity index is 473. The SMILES string of the molecule is CC1=C(C2C(Cl)=CC=CCC2O)C(C)CCC=C1F. The molecular weight excluding hydrogens is 263 g/mol. The maximum atomic E-state index is 14.0. The minimum Gasteiger partial charge on any atom is -0.392 e. The lowest BCUT2D eigenvalue weighted by Gasteiger charge is -2.29. The summed E-state index contributed by atoms with van der Waals surface area (Å²) in [5.41, 5.74) is 1.59. The zero-order valence-electron chi connectivity index (χ0n) is 11.4. The molecule has 3 unspecified atom stereocenters. The second-order valence-corrected chi connectivity index (χ2v) is 5.81. The first-order valence-corrected chi connectivity index (χ1v) is 7.17. The van der Waals surface area contributed by atoms with Crippen LogP contribution in [-0.4, -0.2) is 11.2 Å². The molecule has 0 radical (unpaired) electrons. The molecule has 1 N–H and O–H groups in total. The maximum absolute atomic E-state index is 14.0. The summed E-state index contributed by atoms with van der Waals surface area (Å²) in [4.78, 5) is 0. The average Bonchev–Trinajstić information content (AvgIpc) is 2.59. The van der Waals surface area contributed by atoms with Gasteiger partial charge in [0.1, 0.15) is 5.83 Å². The minimum absolute atomic E-state index is 0.173. The molecule has 0 aromatic heterocycles. The van der Waals surface area contributed by atoms with Gasteiger partial charge in [-0.3, -0.25) is 0 Å². The number of allylic oxidation sites excluding steroid dienone is 5. The lowest BCUT2D eigenvalue weighted by Crippen LogP contribution is -2.25. The molecule has 0 aromatic rings. The predicted molar refractivity (Wildman–Crippen MR) is 77.5 cm³/mol. The molecule has 0 heterocycles. The first-order chi connectivity index (χ1) is 9.02. The lowest BCUT2D eigenvalue weighted by molar-refractivity contribution is 0.141. The average molecular weight is 283 g/mol. The van der Waals surface area contributed by atoms with Gasteiger partial charge in [-0.25, -0.2) is 4.39 Å². The lowest BCUT2D eigenvalue weighted by atomic mass is 9.80. The van der Waals surface area contributed by atoms with Gasteiger partial charge in [0.15, 0.2) is 0 Å². The molecule has 0 saturated heterocycles. The summed E-state index contributed by atoms with van der Waals surface area (Å²) >= 11 is 6.32. The standard InChI is InChI=1S/C16H20ClFO/c1-10-6-5-8-13(18)11(2)15(10)16-12(17)7-3-4-9-14(16)19/h3-4,7-8,10,14,16,19H,5-6,9H2,1-2H3. The van der Waals surface area contributed by atoms with E-state index in [-0.39, 0.29) is 17.7 Å². The fourth-order valence-corrected chi connectivity index (χ4v) is 3.31. The molecular formula is C16H20ClFO. The molecule has 0 spiro atoms. The van der Waals surface area contributed by atoms with Crippen LogP contribution in [0.2, 0.25) is 0 Å². The minimum atomic E-state index is -0.583. The Kier molecular flexibility index (Phi) is 4.64. The predicted octanol–water partition coefficient (Wildman–Crippen LogP) is 4.65. The van der Waals surface area contributed by atoms with Crippen molar-refractivity contribution in [3.8, 4) is 0 Å². The van der Waals surface area contributed by atoms with Gasteiger partial charge in [-0.05, 0) is 49.8 Å². The van der Waals surface area contributed by atoms with Gasteiger partial charge in [-0.15, -0.1) is 0 Å². The molecule has 0 bridgehead atoms. The third kappa shape index (κ3) is 3.01. The van der Waals surface area contributed by atoms with Crippen LogP contribution in [-0.2, 0) is 0 Å². The smallest absolute Gasteiger partial charge is 0.122 e. The van der Waals surface area contributed by atoms with Crippen molar-refractivity contribution in [3.63, 3.8) is 0 Å². The molecule has 0 aliphatic heterocycles. The van der Waals surface area contributed by atoms with Crippen LogP contribution in [0.1, 0.15) is 33.1 Å². The van der Waals surface area contributed by atoms with Gasteiger partial charge in [0.25, 0.3) is 0 Å². The Balaban J connectivity index is 2.47. The molecule has 0 aromatic carbocycles. The molecule has 104 valence electrons. The Labute approximate surface area is 119 Å². The Hall–Kier alpha value is -0.860. The highest BCUT2D eigenvalue weighted by Gasteiger charge is 2.32. The first kappa shape index (κ1) is 14.5. The Morgan fingerprint density at radius 1 is 1.42 bits per heavy atom. The van der Waals surface area contributed by atoms with Crippen LogP contribution in [0.3, 0.4) is 0 Å². The molecule has 1 nitrogen and oxygen atoms in total. The van der Waals surface area contributed by atoms with E-state index in [1.807, 2.05) is 18.2 Å². The number of halogens is 2. The van der Waals surface area contributed by atoms with Gasteiger partial charge in [0.05, 0.1) is 6.10 Å². The van der Waals surface area contributed by atoms with E-state index in [9.17, 15) is 9.50 Å². The second-order valence-electron chi connectivity index (χ2n) is 5.37. The summed E-state index contributed by atoms with van der Waals surface area (Å²) in [5.74, 6) is -0.235. The van der Waals surface area contributed by atoms with E-state index < -0.39 is 6.10 Å². The van der Waals surface area contributed by atoms with Crippen molar-refractivity contribution in [2.75, 3.05) is 0 Å². The van der Waals surface area contributed by atoms with Crippen molar-refractivity contribution < 1.29 is 9.50 Å². The summed E-state index contributed by atoms with van der Waals surface area (Å²) in [6.45, 7) is 3.87. The topological polar surface area (TPSA) is 20.2 Å². The molecule has 0 fully saturated rings. The number of rotatable bonds is 1. The van der Waals surface area contributed by atoms with E-state index in [1.165, 1.54) is 0 Å². The Morgan fingerprint density at radius 3 is 2.89 bits per heavy atom. The largest absolute Gasteiger partial charge is 0.392 e. The van der Waals surface area contributed by atoms with Crippen LogP contribution in [0.4, 0.5) is 4.39 Å². The summed E-state index contributed by atoms with van der Waals surface area (Å²) in [5, 5.41) is 10.9. The van der Waals surface area contributed by atoms with E-state index in [1.54, 1.807) is 13.0 Å². The highest BCUT2D eigenvalue weighted by atomic mass is 35.5. The van der Waals surface area contributed by atoms with Crippen LogP contribution in [0.15, 0.2) is 46.3 Å². The van der Waals surface area contributed by atoms with Crippen molar-refractivity contribution in [2.45, 2.75) is 39.2 Å². The van der Waals surface area contributed by atoms with Gasteiger partial charge in [-0.2, -0.15) is 0 Å². The zero-order valence-corrected chi connectivity index (χ0v) is 12.1. The molecule has 19 heavy (non-hydrogen) atoms. The molecule has 2 aliphatic carbocycles. The van der Waals surface area contributed by atoms with Crippen LogP contribution in [0, 0.1) is 11.8 Å². The van der Waals surface area contributed by atoms with Gasteiger partial charge in [0, 0.05) is 11.0 Å².